The molecule has 6 nitrogen and oxygen atoms in total. The number of pyridine rings is 1. The van der Waals surface area contributed by atoms with E-state index in [2.05, 4.69) is 34.7 Å². The van der Waals surface area contributed by atoms with Gasteiger partial charge in [-0.3, -0.25) is 4.99 Å². The second-order valence-corrected chi connectivity index (χ2v) is 7.71. The summed E-state index contributed by atoms with van der Waals surface area (Å²) in [5.41, 5.74) is 1.18. The fraction of sp³-hybridized carbons (Fsp3) is 0.478. The summed E-state index contributed by atoms with van der Waals surface area (Å²) < 4.78 is 19.8. The zero-order valence-corrected chi connectivity index (χ0v) is 17.9. The molecule has 2 heterocycles. The Hall–Kier alpha value is -2.67. The first kappa shape index (κ1) is 22.0. The number of ether oxygens (including phenoxy) is 1. The van der Waals surface area contributed by atoms with Gasteiger partial charge >= 0.3 is 0 Å². The largest absolute Gasteiger partial charge is 0.376 e. The third-order valence-corrected chi connectivity index (χ3v) is 4.99. The van der Waals surface area contributed by atoms with Gasteiger partial charge in [-0.05, 0) is 37.0 Å². The molecule has 1 aliphatic heterocycles. The van der Waals surface area contributed by atoms with E-state index >= 15 is 0 Å². The number of anilines is 1. The minimum Gasteiger partial charge on any atom is -0.376 e. The third kappa shape index (κ3) is 6.69. The average Bonchev–Trinajstić information content (AvgIpc) is 3.21. The minimum absolute atomic E-state index is 0.203. The van der Waals surface area contributed by atoms with Crippen LogP contribution in [-0.4, -0.2) is 49.8 Å². The van der Waals surface area contributed by atoms with Crippen LogP contribution in [0, 0.1) is 11.7 Å². The van der Waals surface area contributed by atoms with Gasteiger partial charge < -0.3 is 20.3 Å². The number of aliphatic imine (C=N–C) groups is 1. The van der Waals surface area contributed by atoms with Crippen molar-refractivity contribution in [3.63, 3.8) is 0 Å². The summed E-state index contributed by atoms with van der Waals surface area (Å²) in [6, 6.07) is 13.5. The van der Waals surface area contributed by atoms with Gasteiger partial charge in [-0.15, -0.1) is 0 Å². The summed E-state index contributed by atoms with van der Waals surface area (Å²) >= 11 is 0. The first-order valence-electron chi connectivity index (χ1n) is 10.7. The molecule has 3 rings (SSSR count). The van der Waals surface area contributed by atoms with Gasteiger partial charge in [0.25, 0.3) is 0 Å². The molecule has 2 aromatic rings. The molecule has 162 valence electrons. The van der Waals surface area contributed by atoms with Crippen molar-refractivity contribution in [2.75, 3.05) is 37.7 Å². The molecular weight excluding hydrogens is 381 g/mol. The van der Waals surface area contributed by atoms with E-state index in [0.29, 0.717) is 38.0 Å². The Morgan fingerprint density at radius 2 is 2.13 bits per heavy atom. The van der Waals surface area contributed by atoms with Crippen LogP contribution in [0.4, 0.5) is 10.2 Å². The first-order valence-corrected chi connectivity index (χ1v) is 10.7. The van der Waals surface area contributed by atoms with Gasteiger partial charge in [0, 0.05) is 38.4 Å². The zero-order valence-electron chi connectivity index (χ0n) is 17.9. The quantitative estimate of drug-likeness (QED) is 0.488. The Bertz CT molecular complexity index is 801. The van der Waals surface area contributed by atoms with E-state index in [4.69, 9.17) is 9.73 Å². The van der Waals surface area contributed by atoms with E-state index in [1.165, 1.54) is 11.6 Å². The number of aromatic nitrogens is 1. The molecule has 1 aromatic heterocycles. The standard InChI is InChI=1S/C23H32FN5O/c1-3-25-23(27-14-18(2)16-30-17-19-8-5-4-6-9-19)28-20-11-13-29(15-20)22-21(24)10-7-12-26-22/h4-10,12,18,20H,3,11,13-17H2,1-2H3,(H2,25,27,28). The van der Waals surface area contributed by atoms with Gasteiger partial charge in [-0.1, -0.05) is 37.3 Å². The second kappa shape index (κ2) is 11.5. The van der Waals surface area contributed by atoms with E-state index in [0.717, 1.165) is 25.5 Å². The highest BCUT2D eigenvalue weighted by Crippen LogP contribution is 2.20. The van der Waals surface area contributed by atoms with Crippen molar-refractivity contribution in [1.29, 1.82) is 0 Å². The maximum Gasteiger partial charge on any atom is 0.191 e. The topological polar surface area (TPSA) is 61.8 Å². The molecule has 0 radical (unpaired) electrons. The molecule has 1 aliphatic rings. The van der Waals surface area contributed by atoms with Crippen molar-refractivity contribution >= 4 is 11.8 Å². The number of guanidine groups is 1. The van der Waals surface area contributed by atoms with Gasteiger partial charge in [0.15, 0.2) is 17.6 Å². The lowest BCUT2D eigenvalue weighted by Gasteiger charge is -2.20. The molecule has 30 heavy (non-hydrogen) atoms. The smallest absolute Gasteiger partial charge is 0.191 e. The minimum atomic E-state index is -0.275. The van der Waals surface area contributed by atoms with Crippen molar-refractivity contribution in [3.05, 3.63) is 60.0 Å². The summed E-state index contributed by atoms with van der Waals surface area (Å²) in [6.07, 6.45) is 2.54. The number of hydrogen-bond donors (Lipinski definition) is 2. The van der Waals surface area contributed by atoms with Crippen LogP contribution < -0.4 is 15.5 Å². The molecular formula is C23H32FN5O. The van der Waals surface area contributed by atoms with Crippen molar-refractivity contribution in [3.8, 4) is 0 Å². The average molecular weight is 414 g/mol. The molecule has 2 unspecified atom stereocenters. The molecule has 0 spiro atoms. The molecule has 0 bridgehead atoms. The maximum absolute atomic E-state index is 14.0. The van der Waals surface area contributed by atoms with Gasteiger partial charge in [0.1, 0.15) is 0 Å². The summed E-state index contributed by atoms with van der Waals surface area (Å²) in [5, 5.41) is 6.78. The lowest BCUT2D eigenvalue weighted by Crippen LogP contribution is -2.45. The van der Waals surface area contributed by atoms with E-state index in [1.807, 2.05) is 30.0 Å². The highest BCUT2D eigenvalue weighted by atomic mass is 19.1. The summed E-state index contributed by atoms with van der Waals surface area (Å²) in [7, 11) is 0. The van der Waals surface area contributed by atoms with Crippen LogP contribution in [0.2, 0.25) is 0 Å². The number of benzene rings is 1. The van der Waals surface area contributed by atoms with E-state index in [9.17, 15) is 4.39 Å². The van der Waals surface area contributed by atoms with Crippen LogP contribution in [0.5, 0.6) is 0 Å². The van der Waals surface area contributed by atoms with Crippen LogP contribution in [0.25, 0.3) is 0 Å². The Labute approximate surface area is 178 Å². The fourth-order valence-corrected chi connectivity index (χ4v) is 3.45. The van der Waals surface area contributed by atoms with E-state index < -0.39 is 0 Å². The molecule has 0 saturated carbocycles. The second-order valence-electron chi connectivity index (χ2n) is 7.71. The molecule has 1 saturated heterocycles. The summed E-state index contributed by atoms with van der Waals surface area (Å²) in [5.74, 6) is 1.25. The van der Waals surface area contributed by atoms with Gasteiger partial charge in [0.2, 0.25) is 0 Å². The number of nitrogens with one attached hydrogen (secondary N) is 2. The number of rotatable bonds is 9. The SMILES string of the molecule is CCNC(=NCC(C)COCc1ccccc1)NC1CCN(c2ncccc2F)C1. The maximum atomic E-state index is 14.0. The molecule has 1 aromatic carbocycles. The van der Waals surface area contributed by atoms with Crippen LogP contribution in [0.1, 0.15) is 25.8 Å². The predicted octanol–water partition coefficient (Wildman–Crippen LogP) is 3.21. The molecule has 2 N–H and O–H groups in total. The Balaban J connectivity index is 1.45. The monoisotopic (exact) mass is 413 g/mol. The molecule has 0 aliphatic carbocycles. The van der Waals surface area contributed by atoms with E-state index in [-0.39, 0.29) is 11.9 Å². The lowest BCUT2D eigenvalue weighted by atomic mass is 10.2. The third-order valence-electron chi connectivity index (χ3n) is 4.99. The van der Waals surface area contributed by atoms with Crippen molar-refractivity contribution in [1.82, 2.24) is 15.6 Å². The first-order chi connectivity index (χ1) is 14.7. The normalized spacial score (nSPS) is 17.8. The Morgan fingerprint density at radius 3 is 2.90 bits per heavy atom. The lowest BCUT2D eigenvalue weighted by molar-refractivity contribution is 0.0945. The Morgan fingerprint density at radius 1 is 1.30 bits per heavy atom. The van der Waals surface area contributed by atoms with Crippen molar-refractivity contribution in [2.24, 2.45) is 10.9 Å². The van der Waals surface area contributed by atoms with Crippen LogP contribution in [0.3, 0.4) is 0 Å². The zero-order chi connectivity index (χ0) is 21.2. The van der Waals surface area contributed by atoms with Crippen LogP contribution >= 0.6 is 0 Å². The Kier molecular flexibility index (Phi) is 8.44. The highest BCUT2D eigenvalue weighted by Gasteiger charge is 2.25. The summed E-state index contributed by atoms with van der Waals surface area (Å²) in [6.45, 7) is 8.41. The van der Waals surface area contributed by atoms with Gasteiger partial charge in [0.05, 0.1) is 13.2 Å². The van der Waals surface area contributed by atoms with Crippen LogP contribution in [-0.2, 0) is 11.3 Å². The van der Waals surface area contributed by atoms with Crippen molar-refractivity contribution < 1.29 is 9.13 Å². The van der Waals surface area contributed by atoms with E-state index in [1.54, 1.807) is 12.3 Å². The molecule has 0 amide bonds. The molecule has 7 heteroatoms. The van der Waals surface area contributed by atoms with Crippen molar-refractivity contribution in [2.45, 2.75) is 32.9 Å². The highest BCUT2D eigenvalue weighted by molar-refractivity contribution is 5.80. The number of halogens is 1. The van der Waals surface area contributed by atoms with Gasteiger partial charge in [-0.2, -0.15) is 0 Å². The number of nitrogens with zero attached hydrogens (tertiary/aromatic N) is 3. The van der Waals surface area contributed by atoms with Gasteiger partial charge in [-0.25, -0.2) is 9.37 Å². The number of hydrogen-bond acceptors (Lipinski definition) is 4. The van der Waals surface area contributed by atoms with Crippen LogP contribution in [0.15, 0.2) is 53.7 Å². The fourth-order valence-electron chi connectivity index (χ4n) is 3.45. The molecule has 1 fully saturated rings. The summed E-state index contributed by atoms with van der Waals surface area (Å²) in [4.78, 5) is 10.9. The molecule has 2 atom stereocenters. The predicted molar refractivity (Wildman–Crippen MR) is 119 cm³/mol.